The highest BCUT2D eigenvalue weighted by molar-refractivity contribution is 7.71. The van der Waals surface area contributed by atoms with Crippen LogP contribution in [0.5, 0.6) is 0 Å². The van der Waals surface area contributed by atoms with Crippen molar-refractivity contribution in [3.8, 4) is 0 Å². The number of nitrogens with one attached hydrogen (secondary N) is 1. The number of H-pyrrole nitrogens is 1. The lowest BCUT2D eigenvalue weighted by Gasteiger charge is -2.31. The number of likely N-dealkylation sites (N-methyl/N-ethyl adjacent to an activating group) is 1. The summed E-state index contributed by atoms with van der Waals surface area (Å²) in [5, 5.41) is -0.0818. The number of aromatic amines is 1. The number of benzene rings is 1. The predicted octanol–water partition coefficient (Wildman–Crippen LogP) is 4.10. The van der Waals surface area contributed by atoms with Crippen molar-refractivity contribution < 1.29 is 18.3 Å². The molecule has 1 aliphatic carbocycles. The van der Waals surface area contributed by atoms with E-state index in [0.29, 0.717) is 31.0 Å². The molecule has 9 heteroatoms. The van der Waals surface area contributed by atoms with Gasteiger partial charge in [0, 0.05) is 61.1 Å². The van der Waals surface area contributed by atoms with Gasteiger partial charge in [-0.1, -0.05) is 11.6 Å². The van der Waals surface area contributed by atoms with Crippen LogP contribution in [-0.2, 0) is 27.9 Å². The van der Waals surface area contributed by atoms with Crippen molar-refractivity contribution in [2.75, 3.05) is 20.3 Å². The molecule has 1 saturated carbocycles. The second kappa shape index (κ2) is 7.14. The van der Waals surface area contributed by atoms with Gasteiger partial charge in [0.2, 0.25) is 5.91 Å². The number of nitrogens with zero attached hydrogens (tertiary/aromatic N) is 2. The molecule has 5 rings (SSSR count). The van der Waals surface area contributed by atoms with Gasteiger partial charge in [-0.2, -0.15) is 0 Å². The maximum Gasteiger partial charge on any atom is 0.228 e. The van der Waals surface area contributed by atoms with Gasteiger partial charge in [0.25, 0.3) is 0 Å². The second-order valence-electron chi connectivity index (χ2n) is 8.54. The van der Waals surface area contributed by atoms with Gasteiger partial charge < -0.3 is 19.2 Å². The molecule has 1 aromatic heterocycles. The van der Waals surface area contributed by atoms with E-state index in [1.165, 1.54) is 12.1 Å². The maximum atomic E-state index is 14.8. The minimum Gasteiger partial charge on any atom is -0.381 e. The van der Waals surface area contributed by atoms with Crippen LogP contribution in [0.15, 0.2) is 12.1 Å². The number of amides is 1. The first-order chi connectivity index (χ1) is 14.3. The normalized spacial score (nSPS) is 25.1. The zero-order chi connectivity index (χ0) is 21.2. The fourth-order valence-electron chi connectivity index (χ4n) is 5.23. The third-order valence-corrected chi connectivity index (χ3v) is 7.56. The average Bonchev–Trinajstić information content (AvgIpc) is 3.22. The van der Waals surface area contributed by atoms with Crippen LogP contribution >= 0.6 is 23.8 Å². The Morgan fingerprint density at radius 3 is 2.87 bits per heavy atom. The molecule has 2 fully saturated rings. The molecule has 0 radical (unpaired) electrons. The molecule has 1 N–H and O–H groups in total. The Bertz CT molecular complexity index is 1090. The quantitative estimate of drug-likeness (QED) is 0.560. The fraction of sp³-hybridized carbons (Fsp3) is 0.524. The SMILES string of the molecule is CN(C(=O)Cc1[nH]c(=S)n2c1[C@@H]1C[C@]1(c1c(F)ccc(Cl)c1F)C2)C1CCOCC1. The first kappa shape index (κ1) is 20.2. The number of fused-ring (bicyclic) bond motifs is 3. The third-order valence-electron chi connectivity index (χ3n) is 6.95. The van der Waals surface area contributed by atoms with Crippen molar-refractivity contribution in [2.24, 2.45) is 0 Å². The van der Waals surface area contributed by atoms with E-state index < -0.39 is 17.0 Å². The highest BCUT2D eigenvalue weighted by atomic mass is 35.5. The van der Waals surface area contributed by atoms with E-state index in [0.717, 1.165) is 24.2 Å². The number of carbonyl (C=O) groups is 1. The van der Waals surface area contributed by atoms with Crippen LogP contribution in [0.1, 0.15) is 42.1 Å². The molecule has 3 heterocycles. The van der Waals surface area contributed by atoms with Crippen LogP contribution in [0, 0.1) is 16.4 Å². The van der Waals surface area contributed by atoms with Crippen LogP contribution < -0.4 is 0 Å². The molecular formula is C21H22ClF2N3O2S. The molecule has 0 unspecified atom stereocenters. The molecular weight excluding hydrogens is 432 g/mol. The lowest BCUT2D eigenvalue weighted by atomic mass is 9.92. The molecule has 1 saturated heterocycles. The molecule has 30 heavy (non-hydrogen) atoms. The maximum absolute atomic E-state index is 14.8. The Morgan fingerprint density at radius 1 is 1.40 bits per heavy atom. The second-order valence-corrected chi connectivity index (χ2v) is 9.33. The van der Waals surface area contributed by atoms with Crippen molar-refractivity contribution in [3.63, 3.8) is 0 Å². The Hall–Kier alpha value is -1.77. The van der Waals surface area contributed by atoms with Gasteiger partial charge in [-0.3, -0.25) is 4.79 Å². The predicted molar refractivity (Wildman–Crippen MR) is 110 cm³/mol. The van der Waals surface area contributed by atoms with E-state index in [9.17, 15) is 13.6 Å². The van der Waals surface area contributed by atoms with Crippen molar-refractivity contribution >= 4 is 29.7 Å². The molecule has 2 atom stereocenters. The van der Waals surface area contributed by atoms with Gasteiger partial charge in [-0.15, -0.1) is 0 Å². The number of halogens is 3. The van der Waals surface area contributed by atoms with E-state index in [-0.39, 0.29) is 34.9 Å². The monoisotopic (exact) mass is 453 g/mol. The standard InChI is InChI=1S/C21H22ClF2N3O2S/c1-26(11-4-6-29-7-5-11)16(28)8-15-19-12-9-21(12,10-27(19)20(30)25-15)17-14(23)3-2-13(22)18(17)24/h2-3,11-12H,4-10H2,1H3,(H,25,30)/t12-,21-/m0/s1. The van der Waals surface area contributed by atoms with Gasteiger partial charge in [-0.05, 0) is 43.6 Å². The third kappa shape index (κ3) is 2.95. The Balaban J connectivity index is 1.43. The largest absolute Gasteiger partial charge is 0.381 e. The molecule has 1 aromatic carbocycles. The Labute approximate surface area is 183 Å². The van der Waals surface area contributed by atoms with Gasteiger partial charge >= 0.3 is 0 Å². The van der Waals surface area contributed by atoms with E-state index in [2.05, 4.69) is 4.98 Å². The van der Waals surface area contributed by atoms with Gasteiger partial charge in [0.15, 0.2) is 4.77 Å². The van der Waals surface area contributed by atoms with Crippen LogP contribution in [0.25, 0.3) is 0 Å². The molecule has 0 spiro atoms. The summed E-state index contributed by atoms with van der Waals surface area (Å²) in [6, 6.07) is 2.62. The van der Waals surface area contributed by atoms with Crippen LogP contribution in [0.2, 0.25) is 5.02 Å². The van der Waals surface area contributed by atoms with Crippen LogP contribution in [0.4, 0.5) is 8.78 Å². The number of hydrogen-bond donors (Lipinski definition) is 1. The van der Waals surface area contributed by atoms with Crippen LogP contribution in [-0.4, -0.2) is 46.7 Å². The summed E-state index contributed by atoms with van der Waals surface area (Å²) in [6.45, 7) is 1.71. The van der Waals surface area contributed by atoms with Crippen molar-refractivity contribution in [1.82, 2.24) is 14.5 Å². The van der Waals surface area contributed by atoms with Gasteiger partial charge in [0.1, 0.15) is 11.6 Å². The van der Waals surface area contributed by atoms with E-state index in [1.807, 2.05) is 11.6 Å². The summed E-state index contributed by atoms with van der Waals surface area (Å²) < 4.78 is 37.1. The number of aromatic nitrogens is 2. The lowest BCUT2D eigenvalue weighted by Crippen LogP contribution is -2.41. The minimum absolute atomic E-state index is 0.000170. The number of hydrogen-bond acceptors (Lipinski definition) is 3. The van der Waals surface area contributed by atoms with Crippen molar-refractivity contribution in [2.45, 2.75) is 49.6 Å². The molecule has 0 bridgehead atoms. The summed E-state index contributed by atoms with van der Waals surface area (Å²) in [7, 11) is 1.82. The first-order valence-corrected chi connectivity index (χ1v) is 10.9. The Morgan fingerprint density at radius 2 is 2.13 bits per heavy atom. The zero-order valence-electron chi connectivity index (χ0n) is 16.5. The lowest BCUT2D eigenvalue weighted by molar-refractivity contribution is -0.132. The molecule has 5 nitrogen and oxygen atoms in total. The summed E-state index contributed by atoms with van der Waals surface area (Å²) in [5.41, 5.74) is 1.000. The van der Waals surface area contributed by atoms with Gasteiger partial charge in [-0.25, -0.2) is 8.78 Å². The van der Waals surface area contributed by atoms with Crippen molar-refractivity contribution in [1.29, 1.82) is 0 Å². The Kier molecular flexibility index (Phi) is 4.79. The summed E-state index contributed by atoms with van der Waals surface area (Å²) in [4.78, 5) is 17.9. The number of ether oxygens (including phenoxy) is 1. The van der Waals surface area contributed by atoms with Crippen LogP contribution in [0.3, 0.4) is 0 Å². The topological polar surface area (TPSA) is 50.3 Å². The fourth-order valence-corrected chi connectivity index (χ4v) is 5.68. The number of carbonyl (C=O) groups excluding carboxylic acids is 1. The molecule has 2 aliphatic heterocycles. The molecule has 160 valence electrons. The smallest absolute Gasteiger partial charge is 0.228 e. The number of rotatable bonds is 4. The van der Waals surface area contributed by atoms with E-state index in [4.69, 9.17) is 28.6 Å². The van der Waals surface area contributed by atoms with Gasteiger partial charge in [0.05, 0.1) is 11.4 Å². The molecule has 3 aliphatic rings. The molecule has 2 aromatic rings. The molecule has 1 amide bonds. The number of imidazole rings is 1. The first-order valence-electron chi connectivity index (χ1n) is 10.1. The van der Waals surface area contributed by atoms with E-state index >= 15 is 0 Å². The summed E-state index contributed by atoms with van der Waals surface area (Å²) in [6.07, 6.45) is 2.45. The highest BCUT2D eigenvalue weighted by Gasteiger charge is 2.64. The highest BCUT2D eigenvalue weighted by Crippen LogP contribution is 2.67. The summed E-state index contributed by atoms with van der Waals surface area (Å²) >= 11 is 11.4. The summed E-state index contributed by atoms with van der Waals surface area (Å²) in [5.74, 6) is -1.36. The van der Waals surface area contributed by atoms with E-state index in [1.54, 1.807) is 4.90 Å². The average molecular weight is 454 g/mol. The van der Waals surface area contributed by atoms with Crippen molar-refractivity contribution in [3.05, 3.63) is 50.5 Å². The minimum atomic E-state index is -0.698. The zero-order valence-corrected chi connectivity index (χ0v) is 18.1.